The highest BCUT2D eigenvalue weighted by Crippen LogP contribution is 2.17. The molecule has 0 amide bonds. The van der Waals surface area contributed by atoms with E-state index in [1.807, 2.05) is 9.97 Å². The normalized spacial score (nSPS) is 10.7. The fraction of sp³-hybridized carbons (Fsp3) is 0.200. The molecule has 0 saturated carbocycles. The molecule has 0 atom stereocenters. The van der Waals surface area contributed by atoms with Crippen LogP contribution in [0.15, 0.2) is 9.59 Å². The van der Waals surface area contributed by atoms with Crippen LogP contribution in [0.3, 0.4) is 0 Å². The van der Waals surface area contributed by atoms with Crippen molar-refractivity contribution >= 4 is 22.6 Å². The van der Waals surface area contributed by atoms with Gasteiger partial charge in [-0.2, -0.15) is 0 Å². The standard InChI is InChI=1S/C5H3F2IN2O2/c6-3(7)2-1(8)4(11)10-5(12)9-2/h3H,(H2,9,10,11,12). The summed E-state index contributed by atoms with van der Waals surface area (Å²) in [6.07, 6.45) is -2.84. The summed E-state index contributed by atoms with van der Waals surface area (Å²) in [6, 6.07) is 0. The first-order valence-corrected chi connectivity index (χ1v) is 3.90. The molecule has 0 saturated heterocycles. The molecule has 0 aliphatic rings. The Hall–Kier alpha value is -0.730. The third kappa shape index (κ3) is 1.71. The monoisotopic (exact) mass is 288 g/mol. The first-order valence-electron chi connectivity index (χ1n) is 2.82. The summed E-state index contributed by atoms with van der Waals surface area (Å²) < 4.78 is 23.9. The van der Waals surface area contributed by atoms with Crippen LogP contribution in [-0.2, 0) is 0 Å². The summed E-state index contributed by atoms with van der Waals surface area (Å²) in [5.74, 6) is 0. The Morgan fingerprint density at radius 1 is 1.25 bits per heavy atom. The average molecular weight is 288 g/mol. The lowest BCUT2D eigenvalue weighted by Gasteiger charge is -1.99. The summed E-state index contributed by atoms with van der Waals surface area (Å²) in [6.45, 7) is 0. The van der Waals surface area contributed by atoms with Crippen molar-refractivity contribution in [1.29, 1.82) is 0 Å². The van der Waals surface area contributed by atoms with E-state index in [4.69, 9.17) is 0 Å². The maximum absolute atomic E-state index is 12.1. The van der Waals surface area contributed by atoms with Gasteiger partial charge in [-0.05, 0) is 22.6 Å². The minimum Gasteiger partial charge on any atom is -0.305 e. The molecule has 1 rings (SSSR count). The first kappa shape index (κ1) is 9.36. The van der Waals surface area contributed by atoms with Crippen molar-refractivity contribution < 1.29 is 8.78 Å². The van der Waals surface area contributed by atoms with Crippen LogP contribution in [0.1, 0.15) is 12.1 Å². The van der Waals surface area contributed by atoms with E-state index in [1.54, 1.807) is 0 Å². The summed E-state index contributed by atoms with van der Waals surface area (Å²) >= 11 is 1.44. The second-order valence-electron chi connectivity index (χ2n) is 1.94. The molecule has 0 aliphatic heterocycles. The van der Waals surface area contributed by atoms with Gasteiger partial charge in [0.05, 0.1) is 0 Å². The summed E-state index contributed by atoms with van der Waals surface area (Å²) in [7, 11) is 0. The van der Waals surface area contributed by atoms with Gasteiger partial charge in [-0.1, -0.05) is 0 Å². The van der Waals surface area contributed by atoms with Gasteiger partial charge in [0, 0.05) is 0 Å². The number of aromatic nitrogens is 2. The highest BCUT2D eigenvalue weighted by Gasteiger charge is 2.15. The molecule has 0 radical (unpaired) electrons. The van der Waals surface area contributed by atoms with E-state index in [2.05, 4.69) is 0 Å². The average Bonchev–Trinajstić information content (AvgIpc) is 1.96. The zero-order valence-corrected chi connectivity index (χ0v) is 7.69. The van der Waals surface area contributed by atoms with Crippen LogP contribution in [0, 0.1) is 3.57 Å². The van der Waals surface area contributed by atoms with Gasteiger partial charge in [-0.25, -0.2) is 13.6 Å². The molecule has 7 heteroatoms. The van der Waals surface area contributed by atoms with Crippen molar-refractivity contribution in [3.8, 4) is 0 Å². The second kappa shape index (κ2) is 3.33. The topological polar surface area (TPSA) is 65.7 Å². The van der Waals surface area contributed by atoms with Crippen molar-refractivity contribution in [2.45, 2.75) is 6.43 Å². The number of hydrogen-bond donors (Lipinski definition) is 2. The number of nitrogens with one attached hydrogen (secondary N) is 2. The van der Waals surface area contributed by atoms with Gasteiger partial charge in [0.1, 0.15) is 9.26 Å². The molecular formula is C5H3F2IN2O2. The molecule has 0 unspecified atom stereocenters. The minimum absolute atomic E-state index is 0.192. The lowest BCUT2D eigenvalue weighted by Crippen LogP contribution is -2.26. The molecule has 0 fully saturated rings. The van der Waals surface area contributed by atoms with E-state index in [0.29, 0.717) is 0 Å². The number of halogens is 3. The second-order valence-corrected chi connectivity index (χ2v) is 3.02. The molecule has 12 heavy (non-hydrogen) atoms. The van der Waals surface area contributed by atoms with Crippen LogP contribution >= 0.6 is 22.6 Å². The number of rotatable bonds is 1. The van der Waals surface area contributed by atoms with Gasteiger partial charge < -0.3 is 4.98 Å². The summed E-state index contributed by atoms with van der Waals surface area (Å²) in [5, 5.41) is 0. The van der Waals surface area contributed by atoms with Gasteiger partial charge in [0.25, 0.3) is 12.0 Å². The lowest BCUT2D eigenvalue weighted by atomic mass is 10.4. The van der Waals surface area contributed by atoms with E-state index in [9.17, 15) is 18.4 Å². The molecule has 4 nitrogen and oxygen atoms in total. The molecule has 1 heterocycles. The fourth-order valence-electron chi connectivity index (χ4n) is 0.639. The molecule has 66 valence electrons. The van der Waals surface area contributed by atoms with E-state index in [-0.39, 0.29) is 3.57 Å². The van der Waals surface area contributed by atoms with Gasteiger partial charge in [-0.15, -0.1) is 0 Å². The Labute approximate surface area is 78.2 Å². The van der Waals surface area contributed by atoms with Gasteiger partial charge >= 0.3 is 5.69 Å². The maximum atomic E-state index is 12.1. The van der Waals surface area contributed by atoms with E-state index < -0.39 is 23.4 Å². The molecule has 0 bridgehead atoms. The van der Waals surface area contributed by atoms with Crippen LogP contribution in [0.5, 0.6) is 0 Å². The van der Waals surface area contributed by atoms with Crippen molar-refractivity contribution in [3.63, 3.8) is 0 Å². The maximum Gasteiger partial charge on any atom is 0.326 e. The Morgan fingerprint density at radius 2 is 1.83 bits per heavy atom. The molecular weight excluding hydrogens is 285 g/mol. The fourth-order valence-corrected chi connectivity index (χ4v) is 1.14. The quantitative estimate of drug-likeness (QED) is 0.743. The lowest BCUT2D eigenvalue weighted by molar-refractivity contribution is 0.144. The molecule has 0 aliphatic carbocycles. The van der Waals surface area contributed by atoms with Gasteiger partial charge in [0.2, 0.25) is 0 Å². The first-order chi connectivity index (χ1) is 5.52. The summed E-state index contributed by atoms with van der Waals surface area (Å²) in [4.78, 5) is 24.9. The van der Waals surface area contributed by atoms with Crippen LogP contribution in [0.25, 0.3) is 0 Å². The Bertz CT molecular complexity index is 397. The van der Waals surface area contributed by atoms with E-state index in [1.165, 1.54) is 22.6 Å². The van der Waals surface area contributed by atoms with Crippen molar-refractivity contribution in [3.05, 3.63) is 30.1 Å². The SMILES string of the molecule is O=c1[nH]c(C(F)F)c(I)c(=O)[nH]1. The summed E-state index contributed by atoms with van der Waals surface area (Å²) in [5.41, 5.74) is -2.35. The Morgan fingerprint density at radius 3 is 2.33 bits per heavy atom. The van der Waals surface area contributed by atoms with E-state index >= 15 is 0 Å². The minimum atomic E-state index is -2.84. The zero-order chi connectivity index (χ0) is 9.30. The Kier molecular flexibility index (Phi) is 2.60. The van der Waals surface area contributed by atoms with Crippen LogP contribution in [0.4, 0.5) is 8.78 Å². The number of aromatic amines is 2. The number of hydrogen-bond acceptors (Lipinski definition) is 2. The molecule has 1 aromatic rings. The van der Waals surface area contributed by atoms with Crippen molar-refractivity contribution in [2.24, 2.45) is 0 Å². The number of H-pyrrole nitrogens is 2. The van der Waals surface area contributed by atoms with Gasteiger partial charge in [0.15, 0.2) is 0 Å². The molecule has 2 N–H and O–H groups in total. The predicted molar refractivity (Wildman–Crippen MR) is 45.4 cm³/mol. The largest absolute Gasteiger partial charge is 0.326 e. The third-order valence-electron chi connectivity index (χ3n) is 1.13. The third-order valence-corrected chi connectivity index (χ3v) is 2.20. The molecule has 0 aromatic carbocycles. The van der Waals surface area contributed by atoms with Crippen LogP contribution in [0.2, 0.25) is 0 Å². The smallest absolute Gasteiger partial charge is 0.305 e. The number of alkyl halides is 2. The Balaban J connectivity index is 3.49. The van der Waals surface area contributed by atoms with E-state index in [0.717, 1.165) is 0 Å². The van der Waals surface area contributed by atoms with Crippen molar-refractivity contribution in [2.75, 3.05) is 0 Å². The van der Waals surface area contributed by atoms with Crippen LogP contribution < -0.4 is 11.2 Å². The molecule has 0 spiro atoms. The van der Waals surface area contributed by atoms with Crippen molar-refractivity contribution in [1.82, 2.24) is 9.97 Å². The predicted octanol–water partition coefficient (Wildman–Crippen LogP) is 0.605. The zero-order valence-electron chi connectivity index (χ0n) is 5.53. The van der Waals surface area contributed by atoms with Crippen LogP contribution in [-0.4, -0.2) is 9.97 Å². The van der Waals surface area contributed by atoms with Gasteiger partial charge in [-0.3, -0.25) is 9.78 Å². The highest BCUT2D eigenvalue weighted by molar-refractivity contribution is 14.1. The highest BCUT2D eigenvalue weighted by atomic mass is 127. The molecule has 1 aromatic heterocycles.